The number of pyridine rings is 1. The Labute approximate surface area is 94.3 Å². The minimum Gasteiger partial charge on any atom is -0.376 e. The number of rotatable bonds is 3. The van der Waals surface area contributed by atoms with Crippen LogP contribution in [0.15, 0.2) is 18.5 Å². The number of amides is 1. The molecule has 1 heterocycles. The van der Waals surface area contributed by atoms with E-state index < -0.39 is 5.38 Å². The van der Waals surface area contributed by atoms with Gasteiger partial charge in [0.15, 0.2) is 0 Å². The molecule has 0 aromatic carbocycles. The van der Waals surface area contributed by atoms with E-state index in [4.69, 9.17) is 11.6 Å². The van der Waals surface area contributed by atoms with Crippen LogP contribution in [0.2, 0.25) is 0 Å². The van der Waals surface area contributed by atoms with E-state index in [0.717, 1.165) is 5.69 Å². The molecule has 0 radical (unpaired) electrons. The van der Waals surface area contributed by atoms with E-state index in [1.165, 1.54) is 0 Å². The molecule has 1 atom stereocenters. The number of anilines is 2. The summed E-state index contributed by atoms with van der Waals surface area (Å²) >= 11 is 5.66. The SMILES string of the molecule is CC(Cl)C(=O)Nc1cnccc1N(C)C. The van der Waals surface area contributed by atoms with Gasteiger partial charge in [-0.15, -0.1) is 11.6 Å². The van der Waals surface area contributed by atoms with Crippen molar-refractivity contribution < 1.29 is 4.79 Å². The van der Waals surface area contributed by atoms with Crippen molar-refractivity contribution >= 4 is 28.9 Å². The first-order valence-electron chi connectivity index (χ1n) is 4.58. The summed E-state index contributed by atoms with van der Waals surface area (Å²) in [7, 11) is 3.80. The number of nitrogens with zero attached hydrogens (tertiary/aromatic N) is 2. The van der Waals surface area contributed by atoms with E-state index in [1.807, 2.05) is 25.1 Å². The van der Waals surface area contributed by atoms with E-state index in [-0.39, 0.29) is 5.91 Å². The van der Waals surface area contributed by atoms with E-state index >= 15 is 0 Å². The number of carbonyl (C=O) groups is 1. The minimum atomic E-state index is -0.555. The average Bonchev–Trinajstić information content (AvgIpc) is 2.18. The van der Waals surface area contributed by atoms with Gasteiger partial charge in [0.25, 0.3) is 0 Å². The Morgan fingerprint density at radius 3 is 2.80 bits per heavy atom. The summed E-state index contributed by atoms with van der Waals surface area (Å²) in [5.74, 6) is -0.229. The molecule has 1 unspecified atom stereocenters. The summed E-state index contributed by atoms with van der Waals surface area (Å²) in [5, 5.41) is 2.16. The number of nitrogens with one attached hydrogen (secondary N) is 1. The van der Waals surface area contributed by atoms with Gasteiger partial charge in [0, 0.05) is 20.3 Å². The van der Waals surface area contributed by atoms with Gasteiger partial charge in [-0.3, -0.25) is 9.78 Å². The Hall–Kier alpha value is -1.29. The molecule has 1 rings (SSSR count). The third kappa shape index (κ3) is 3.09. The fraction of sp³-hybridized carbons (Fsp3) is 0.400. The van der Waals surface area contributed by atoms with Crippen molar-refractivity contribution in [2.45, 2.75) is 12.3 Å². The van der Waals surface area contributed by atoms with Gasteiger partial charge in [-0.25, -0.2) is 0 Å². The molecule has 0 fully saturated rings. The maximum absolute atomic E-state index is 11.4. The monoisotopic (exact) mass is 227 g/mol. The lowest BCUT2D eigenvalue weighted by Gasteiger charge is -2.17. The number of halogens is 1. The highest BCUT2D eigenvalue weighted by molar-refractivity contribution is 6.32. The molecule has 1 aromatic heterocycles. The van der Waals surface area contributed by atoms with Gasteiger partial charge >= 0.3 is 0 Å². The van der Waals surface area contributed by atoms with Crippen molar-refractivity contribution in [1.29, 1.82) is 0 Å². The molecule has 0 aliphatic heterocycles. The van der Waals surface area contributed by atoms with E-state index in [9.17, 15) is 4.79 Å². The van der Waals surface area contributed by atoms with Gasteiger partial charge < -0.3 is 10.2 Å². The Balaban J connectivity index is 2.89. The number of carbonyl (C=O) groups excluding carboxylic acids is 1. The van der Waals surface area contributed by atoms with Crippen LogP contribution in [0.5, 0.6) is 0 Å². The normalized spacial score (nSPS) is 12.0. The summed E-state index contributed by atoms with van der Waals surface area (Å²) in [6.07, 6.45) is 3.28. The number of alkyl halides is 1. The van der Waals surface area contributed by atoms with Crippen LogP contribution in [0.4, 0.5) is 11.4 Å². The maximum atomic E-state index is 11.4. The lowest BCUT2D eigenvalue weighted by molar-refractivity contribution is -0.115. The Bertz CT molecular complexity index is 352. The third-order valence-corrected chi connectivity index (χ3v) is 2.10. The molecule has 0 aliphatic carbocycles. The average molecular weight is 228 g/mol. The van der Waals surface area contributed by atoms with Gasteiger partial charge in [0.05, 0.1) is 17.6 Å². The van der Waals surface area contributed by atoms with Crippen LogP contribution < -0.4 is 10.2 Å². The fourth-order valence-electron chi connectivity index (χ4n) is 1.11. The Kier molecular flexibility index (Phi) is 3.91. The van der Waals surface area contributed by atoms with Crippen molar-refractivity contribution in [2.24, 2.45) is 0 Å². The highest BCUT2D eigenvalue weighted by Gasteiger charge is 2.12. The maximum Gasteiger partial charge on any atom is 0.242 e. The summed E-state index contributed by atoms with van der Waals surface area (Å²) in [6, 6.07) is 1.83. The number of aromatic nitrogens is 1. The smallest absolute Gasteiger partial charge is 0.242 e. The van der Waals surface area contributed by atoms with E-state index in [2.05, 4.69) is 10.3 Å². The lowest BCUT2D eigenvalue weighted by atomic mass is 10.3. The lowest BCUT2D eigenvalue weighted by Crippen LogP contribution is -2.22. The first kappa shape index (κ1) is 11.8. The molecule has 0 bridgehead atoms. The van der Waals surface area contributed by atoms with Gasteiger partial charge in [-0.05, 0) is 13.0 Å². The van der Waals surface area contributed by atoms with Crippen LogP contribution in [-0.4, -0.2) is 30.4 Å². The van der Waals surface area contributed by atoms with Gasteiger partial charge in [0.1, 0.15) is 5.38 Å². The molecule has 0 saturated carbocycles. The second-order valence-corrected chi connectivity index (χ2v) is 4.05. The summed E-state index contributed by atoms with van der Waals surface area (Å²) in [5.41, 5.74) is 1.57. The molecule has 1 amide bonds. The van der Waals surface area contributed by atoms with Crippen LogP contribution >= 0.6 is 11.6 Å². The molecule has 0 spiro atoms. The third-order valence-electron chi connectivity index (χ3n) is 1.90. The van der Waals surface area contributed by atoms with Crippen LogP contribution in [0.3, 0.4) is 0 Å². The highest BCUT2D eigenvalue weighted by Crippen LogP contribution is 2.22. The fourth-order valence-corrected chi connectivity index (χ4v) is 1.16. The van der Waals surface area contributed by atoms with Crippen LogP contribution in [0.25, 0.3) is 0 Å². The molecule has 82 valence electrons. The van der Waals surface area contributed by atoms with Crippen molar-refractivity contribution in [2.75, 3.05) is 24.3 Å². The molecule has 0 aliphatic rings. The summed E-state index contributed by atoms with van der Waals surface area (Å²) < 4.78 is 0. The quantitative estimate of drug-likeness (QED) is 0.800. The Morgan fingerprint density at radius 1 is 1.60 bits per heavy atom. The zero-order valence-electron chi connectivity index (χ0n) is 8.99. The second-order valence-electron chi connectivity index (χ2n) is 3.39. The number of hydrogen-bond acceptors (Lipinski definition) is 3. The van der Waals surface area contributed by atoms with Gasteiger partial charge in [-0.2, -0.15) is 0 Å². The molecule has 0 saturated heterocycles. The predicted molar refractivity (Wildman–Crippen MR) is 62.5 cm³/mol. The first-order chi connectivity index (χ1) is 7.02. The van der Waals surface area contributed by atoms with Crippen molar-refractivity contribution in [3.63, 3.8) is 0 Å². The molecule has 1 N–H and O–H groups in total. The Morgan fingerprint density at radius 2 is 2.27 bits per heavy atom. The van der Waals surface area contributed by atoms with E-state index in [1.54, 1.807) is 19.3 Å². The second kappa shape index (κ2) is 4.98. The predicted octanol–water partition coefficient (Wildman–Crippen LogP) is 1.71. The zero-order chi connectivity index (χ0) is 11.4. The number of hydrogen-bond donors (Lipinski definition) is 1. The summed E-state index contributed by atoms with van der Waals surface area (Å²) in [4.78, 5) is 17.3. The molecular formula is C10H14ClN3O. The highest BCUT2D eigenvalue weighted by atomic mass is 35.5. The first-order valence-corrected chi connectivity index (χ1v) is 5.02. The van der Waals surface area contributed by atoms with E-state index in [0.29, 0.717) is 5.69 Å². The molecule has 1 aromatic rings. The van der Waals surface area contributed by atoms with Crippen LogP contribution in [-0.2, 0) is 4.79 Å². The largest absolute Gasteiger partial charge is 0.376 e. The van der Waals surface area contributed by atoms with Crippen LogP contribution in [0.1, 0.15) is 6.92 Å². The van der Waals surface area contributed by atoms with Gasteiger partial charge in [-0.1, -0.05) is 0 Å². The minimum absolute atomic E-state index is 0.229. The van der Waals surface area contributed by atoms with Gasteiger partial charge in [0.2, 0.25) is 5.91 Å². The van der Waals surface area contributed by atoms with Crippen molar-refractivity contribution in [1.82, 2.24) is 4.98 Å². The standard InChI is InChI=1S/C10H14ClN3O/c1-7(11)10(15)13-8-6-12-5-4-9(8)14(2)3/h4-7H,1-3H3,(H,13,15). The molecule has 15 heavy (non-hydrogen) atoms. The zero-order valence-corrected chi connectivity index (χ0v) is 9.75. The summed E-state index contributed by atoms with van der Waals surface area (Å²) in [6.45, 7) is 1.63. The van der Waals surface area contributed by atoms with Crippen LogP contribution in [0, 0.1) is 0 Å². The topological polar surface area (TPSA) is 45.2 Å². The molecular weight excluding hydrogens is 214 g/mol. The van der Waals surface area contributed by atoms with Crippen molar-refractivity contribution in [3.05, 3.63) is 18.5 Å². The van der Waals surface area contributed by atoms with Crippen molar-refractivity contribution in [3.8, 4) is 0 Å². The molecule has 4 nitrogen and oxygen atoms in total. The molecule has 5 heteroatoms.